The van der Waals surface area contributed by atoms with Crippen LogP contribution in [-0.2, 0) is 0 Å². The average molecular weight is 355 g/mol. The highest BCUT2D eigenvalue weighted by molar-refractivity contribution is 6.76. The number of unbranched alkanes of at least 4 members (excludes halogenated alkanes) is 6. The van der Waals surface area contributed by atoms with Gasteiger partial charge in [-0.25, -0.2) is 0 Å². The maximum Gasteiger partial charge on any atom is 0.424 e. The predicted molar refractivity (Wildman–Crippen MR) is 97.4 cm³/mol. The standard InChI is InChI=1S/C17H37F3Si2/c1-4-7-10-13-21(18,14-11-8-5-2)16-17-22(19,20)15-12-9-6-3/h4-17H2,1-3H3. The third kappa shape index (κ3) is 11.7. The van der Waals surface area contributed by atoms with Gasteiger partial charge in [-0.3, -0.25) is 8.22 Å². The van der Waals surface area contributed by atoms with Gasteiger partial charge in [0, 0.05) is 0 Å². The molecular weight excluding hydrogens is 317 g/mol. The highest BCUT2D eigenvalue weighted by atomic mass is 28.4. The van der Waals surface area contributed by atoms with Crippen LogP contribution in [0.2, 0.25) is 30.2 Å². The van der Waals surface area contributed by atoms with Gasteiger partial charge < -0.3 is 4.11 Å². The van der Waals surface area contributed by atoms with Gasteiger partial charge in [0.15, 0.2) is 0 Å². The second-order valence-corrected chi connectivity index (χ2v) is 13.4. The van der Waals surface area contributed by atoms with Crippen molar-refractivity contribution in [3.63, 3.8) is 0 Å². The maximum atomic E-state index is 15.2. The lowest BCUT2D eigenvalue weighted by molar-refractivity contribution is 0.569. The first-order valence-corrected chi connectivity index (χ1v) is 14.1. The van der Waals surface area contributed by atoms with Crippen molar-refractivity contribution in [3.8, 4) is 0 Å². The quantitative estimate of drug-likeness (QED) is 0.159. The van der Waals surface area contributed by atoms with Crippen molar-refractivity contribution in [2.24, 2.45) is 0 Å². The smallest absolute Gasteiger partial charge is 0.314 e. The molecule has 0 heterocycles. The van der Waals surface area contributed by atoms with Crippen LogP contribution >= 0.6 is 0 Å². The molecule has 0 rings (SSSR count). The van der Waals surface area contributed by atoms with E-state index in [4.69, 9.17) is 0 Å². The van der Waals surface area contributed by atoms with E-state index in [2.05, 4.69) is 13.8 Å². The molecular formula is C17H37F3Si2. The highest BCUT2D eigenvalue weighted by Crippen LogP contribution is 2.34. The Morgan fingerprint density at radius 1 is 0.500 bits per heavy atom. The molecule has 134 valence electrons. The predicted octanol–water partition coefficient (Wildman–Crippen LogP) is 7.85. The molecule has 0 atom stereocenters. The number of rotatable bonds is 15. The largest absolute Gasteiger partial charge is 0.424 e. The zero-order valence-electron chi connectivity index (χ0n) is 15.0. The highest BCUT2D eigenvalue weighted by Gasteiger charge is 2.41. The second-order valence-electron chi connectivity index (χ2n) is 6.88. The van der Waals surface area contributed by atoms with Gasteiger partial charge in [0.25, 0.3) is 0 Å². The third-order valence-electron chi connectivity index (χ3n) is 4.54. The molecule has 0 saturated heterocycles. The summed E-state index contributed by atoms with van der Waals surface area (Å²) in [5.74, 6) is 0. The first-order chi connectivity index (χ1) is 10.4. The van der Waals surface area contributed by atoms with Gasteiger partial charge in [-0.05, 0) is 30.2 Å². The topological polar surface area (TPSA) is 0 Å². The third-order valence-corrected chi connectivity index (χ3v) is 10.8. The van der Waals surface area contributed by atoms with E-state index < -0.39 is 17.1 Å². The van der Waals surface area contributed by atoms with Crippen molar-refractivity contribution in [1.29, 1.82) is 0 Å². The van der Waals surface area contributed by atoms with Gasteiger partial charge >= 0.3 is 8.74 Å². The minimum absolute atomic E-state index is 0.0786. The summed E-state index contributed by atoms with van der Waals surface area (Å²) in [4.78, 5) is 0. The summed E-state index contributed by atoms with van der Waals surface area (Å²) in [7, 11) is -7.08. The van der Waals surface area contributed by atoms with Crippen LogP contribution in [-0.4, -0.2) is 17.1 Å². The molecule has 0 radical (unpaired) electrons. The summed E-state index contributed by atoms with van der Waals surface area (Å²) in [5.41, 5.74) is 0. The summed E-state index contributed by atoms with van der Waals surface area (Å²) in [6, 6.07) is 1.45. The molecule has 0 aliphatic rings. The molecule has 0 aliphatic heterocycles. The fourth-order valence-electron chi connectivity index (χ4n) is 2.92. The lowest BCUT2D eigenvalue weighted by Gasteiger charge is -2.24. The maximum absolute atomic E-state index is 15.2. The molecule has 5 heteroatoms. The Kier molecular flexibility index (Phi) is 12.8. The van der Waals surface area contributed by atoms with E-state index in [0.29, 0.717) is 18.5 Å². The summed E-state index contributed by atoms with van der Waals surface area (Å²) in [5, 5.41) is 0. The fraction of sp³-hybridized carbons (Fsp3) is 1.00. The molecule has 0 fully saturated rings. The molecule has 0 spiro atoms. The van der Waals surface area contributed by atoms with Gasteiger partial charge in [0.1, 0.15) is 0 Å². The van der Waals surface area contributed by atoms with E-state index in [9.17, 15) is 8.22 Å². The molecule has 0 aromatic carbocycles. The molecule has 0 aliphatic carbocycles. The van der Waals surface area contributed by atoms with Crippen molar-refractivity contribution in [2.75, 3.05) is 0 Å². The number of hydrogen-bond donors (Lipinski definition) is 0. The summed E-state index contributed by atoms with van der Waals surface area (Å²) in [6.07, 6.45) is 8.50. The Morgan fingerprint density at radius 2 is 0.909 bits per heavy atom. The van der Waals surface area contributed by atoms with E-state index in [1.54, 1.807) is 0 Å². The van der Waals surface area contributed by atoms with E-state index >= 15 is 4.11 Å². The van der Waals surface area contributed by atoms with Gasteiger partial charge in [0.05, 0.1) is 0 Å². The Bertz CT molecular complexity index is 250. The summed E-state index contributed by atoms with van der Waals surface area (Å²) in [6.45, 7) is 6.24. The summed E-state index contributed by atoms with van der Waals surface area (Å²) >= 11 is 0. The van der Waals surface area contributed by atoms with Crippen LogP contribution in [0.15, 0.2) is 0 Å². The van der Waals surface area contributed by atoms with E-state index in [1.165, 1.54) is 0 Å². The van der Waals surface area contributed by atoms with Gasteiger partial charge in [-0.15, -0.1) is 0 Å². The van der Waals surface area contributed by atoms with Crippen molar-refractivity contribution < 1.29 is 12.3 Å². The minimum Gasteiger partial charge on any atom is -0.314 e. The SMILES string of the molecule is CCCCC[Si](F)(F)CC[Si](F)(CCCCC)CCCCC. The van der Waals surface area contributed by atoms with Crippen molar-refractivity contribution in [3.05, 3.63) is 0 Å². The normalized spacial score (nSPS) is 12.8. The molecule has 0 bridgehead atoms. The van der Waals surface area contributed by atoms with Crippen LogP contribution in [0.3, 0.4) is 0 Å². The molecule has 0 aromatic rings. The van der Waals surface area contributed by atoms with Crippen LogP contribution in [0.5, 0.6) is 0 Å². The van der Waals surface area contributed by atoms with Crippen LogP contribution in [0, 0.1) is 0 Å². The number of halogens is 3. The molecule has 0 N–H and O–H groups in total. The monoisotopic (exact) mass is 354 g/mol. The van der Waals surface area contributed by atoms with E-state index in [1.807, 2.05) is 6.92 Å². The Hall–Kier alpha value is 0.224. The van der Waals surface area contributed by atoms with Gasteiger partial charge in [0.2, 0.25) is 8.41 Å². The van der Waals surface area contributed by atoms with Gasteiger partial charge in [-0.1, -0.05) is 78.6 Å². The molecule has 0 amide bonds. The van der Waals surface area contributed by atoms with Crippen LogP contribution in [0.1, 0.15) is 78.6 Å². The second kappa shape index (κ2) is 12.6. The molecule has 0 nitrogen and oxygen atoms in total. The first kappa shape index (κ1) is 22.2. The van der Waals surface area contributed by atoms with Crippen LogP contribution in [0.25, 0.3) is 0 Å². The average Bonchev–Trinajstić information content (AvgIpc) is 2.46. The zero-order valence-corrected chi connectivity index (χ0v) is 17.0. The number of hydrogen-bond acceptors (Lipinski definition) is 0. The zero-order chi connectivity index (χ0) is 16.9. The first-order valence-electron chi connectivity index (χ1n) is 9.46. The van der Waals surface area contributed by atoms with Crippen molar-refractivity contribution in [2.45, 2.75) is 109 Å². The minimum atomic E-state index is -4.15. The molecule has 0 saturated carbocycles. The summed E-state index contributed by atoms with van der Waals surface area (Å²) < 4.78 is 43.3. The van der Waals surface area contributed by atoms with Gasteiger partial charge in [-0.2, -0.15) is 0 Å². The Morgan fingerprint density at radius 3 is 1.32 bits per heavy atom. The molecule has 0 unspecified atom stereocenters. The van der Waals surface area contributed by atoms with Crippen LogP contribution in [0.4, 0.5) is 12.3 Å². The van der Waals surface area contributed by atoms with E-state index in [-0.39, 0.29) is 18.1 Å². The van der Waals surface area contributed by atoms with Crippen LogP contribution < -0.4 is 0 Å². The lowest BCUT2D eigenvalue weighted by atomic mass is 10.3. The Labute approximate surface area is 138 Å². The van der Waals surface area contributed by atoms with Crippen molar-refractivity contribution >= 4 is 17.1 Å². The van der Waals surface area contributed by atoms with Crippen molar-refractivity contribution in [1.82, 2.24) is 0 Å². The molecule has 22 heavy (non-hydrogen) atoms. The Balaban J connectivity index is 4.34. The fourth-order valence-corrected chi connectivity index (χ4v) is 9.71. The van der Waals surface area contributed by atoms with E-state index in [0.717, 1.165) is 51.4 Å². The molecule has 0 aromatic heterocycles. The lowest BCUT2D eigenvalue weighted by Crippen LogP contribution is -2.32.